The Bertz CT molecular complexity index is 408. The predicted molar refractivity (Wildman–Crippen MR) is 72.4 cm³/mol. The van der Waals surface area contributed by atoms with E-state index < -0.39 is 6.10 Å². The molecule has 2 N–H and O–H groups in total. The number of rotatable bonds is 5. The quantitative estimate of drug-likeness (QED) is 0.839. The van der Waals surface area contributed by atoms with Crippen molar-refractivity contribution in [1.29, 1.82) is 0 Å². The van der Waals surface area contributed by atoms with Crippen LogP contribution in [0.25, 0.3) is 0 Å². The smallest absolute Gasteiger partial charge is 0.267 e. The first-order valence-electron chi connectivity index (χ1n) is 6.33. The standard InChI is InChI=1S/C14H24N2O2/c1-10(2)12(17)14(3,4)9-15-13(18)11-7-6-8-16(11)5/h6-8,10,12,17H,9H2,1-5H3,(H,15,18). The summed E-state index contributed by atoms with van der Waals surface area (Å²) in [7, 11) is 1.84. The molecule has 1 unspecified atom stereocenters. The summed E-state index contributed by atoms with van der Waals surface area (Å²) < 4.78 is 1.78. The van der Waals surface area contributed by atoms with Crippen molar-refractivity contribution in [2.24, 2.45) is 18.4 Å². The second kappa shape index (κ2) is 5.57. The lowest BCUT2D eigenvalue weighted by Gasteiger charge is -2.33. The summed E-state index contributed by atoms with van der Waals surface area (Å²) in [6, 6.07) is 3.62. The molecule has 1 rings (SSSR count). The molecular weight excluding hydrogens is 228 g/mol. The maximum atomic E-state index is 12.0. The molecule has 0 aliphatic heterocycles. The van der Waals surface area contributed by atoms with Crippen molar-refractivity contribution in [3.8, 4) is 0 Å². The van der Waals surface area contributed by atoms with E-state index in [2.05, 4.69) is 5.32 Å². The average molecular weight is 252 g/mol. The zero-order chi connectivity index (χ0) is 13.9. The summed E-state index contributed by atoms with van der Waals surface area (Å²) in [5.74, 6) is 0.0680. The Labute approximate surface area is 109 Å². The number of carbonyl (C=O) groups is 1. The van der Waals surface area contributed by atoms with Gasteiger partial charge < -0.3 is 15.0 Å². The summed E-state index contributed by atoms with van der Waals surface area (Å²) in [6.07, 6.45) is 1.40. The molecule has 1 heterocycles. The van der Waals surface area contributed by atoms with E-state index in [0.717, 1.165) is 0 Å². The van der Waals surface area contributed by atoms with Crippen molar-refractivity contribution < 1.29 is 9.90 Å². The fourth-order valence-electron chi connectivity index (χ4n) is 2.10. The Morgan fingerprint density at radius 3 is 2.56 bits per heavy atom. The van der Waals surface area contributed by atoms with Gasteiger partial charge in [-0.1, -0.05) is 27.7 Å². The van der Waals surface area contributed by atoms with E-state index in [9.17, 15) is 9.90 Å². The molecule has 4 nitrogen and oxygen atoms in total. The SMILES string of the molecule is CC(C)C(O)C(C)(C)CNC(=O)c1cccn1C. The normalized spacial score (nSPS) is 13.7. The number of aromatic nitrogens is 1. The number of amides is 1. The monoisotopic (exact) mass is 252 g/mol. The van der Waals surface area contributed by atoms with Crippen LogP contribution in [0.4, 0.5) is 0 Å². The van der Waals surface area contributed by atoms with Gasteiger partial charge in [-0.05, 0) is 18.1 Å². The second-order valence-electron chi connectivity index (χ2n) is 5.86. The minimum atomic E-state index is -0.439. The van der Waals surface area contributed by atoms with Crippen molar-refractivity contribution in [2.75, 3.05) is 6.54 Å². The largest absolute Gasteiger partial charge is 0.392 e. The minimum Gasteiger partial charge on any atom is -0.392 e. The van der Waals surface area contributed by atoms with E-state index in [1.54, 1.807) is 10.6 Å². The molecule has 0 spiro atoms. The number of nitrogens with zero attached hydrogens (tertiary/aromatic N) is 1. The Morgan fingerprint density at radius 1 is 1.50 bits per heavy atom. The molecule has 18 heavy (non-hydrogen) atoms. The minimum absolute atomic E-state index is 0.105. The van der Waals surface area contributed by atoms with Crippen molar-refractivity contribution in [3.05, 3.63) is 24.0 Å². The number of hydrogen-bond donors (Lipinski definition) is 2. The van der Waals surface area contributed by atoms with Crippen molar-refractivity contribution >= 4 is 5.91 Å². The summed E-state index contributed by atoms with van der Waals surface area (Å²) in [5.41, 5.74) is 0.291. The molecule has 0 radical (unpaired) electrons. The van der Waals surface area contributed by atoms with Crippen LogP contribution in [0.2, 0.25) is 0 Å². The van der Waals surface area contributed by atoms with Crippen molar-refractivity contribution in [3.63, 3.8) is 0 Å². The highest BCUT2D eigenvalue weighted by molar-refractivity contribution is 5.92. The molecule has 1 atom stereocenters. The van der Waals surface area contributed by atoms with Gasteiger partial charge in [0.1, 0.15) is 5.69 Å². The van der Waals surface area contributed by atoms with E-state index in [4.69, 9.17) is 0 Å². The summed E-state index contributed by atoms with van der Waals surface area (Å²) >= 11 is 0. The predicted octanol–water partition coefficient (Wildman–Crippen LogP) is 1.80. The van der Waals surface area contributed by atoms with Crippen molar-refractivity contribution in [2.45, 2.75) is 33.8 Å². The van der Waals surface area contributed by atoms with Gasteiger partial charge in [-0.15, -0.1) is 0 Å². The molecule has 0 aliphatic rings. The van der Waals surface area contributed by atoms with Crippen LogP contribution in [0, 0.1) is 11.3 Å². The number of aliphatic hydroxyl groups excluding tert-OH is 1. The highest BCUT2D eigenvalue weighted by Crippen LogP contribution is 2.25. The van der Waals surface area contributed by atoms with Gasteiger partial charge in [0.15, 0.2) is 0 Å². The third kappa shape index (κ3) is 3.35. The van der Waals surface area contributed by atoms with E-state index >= 15 is 0 Å². The molecule has 0 aromatic carbocycles. The van der Waals surface area contributed by atoms with Crippen LogP contribution in [0.1, 0.15) is 38.2 Å². The molecule has 1 amide bonds. The van der Waals surface area contributed by atoms with E-state index in [0.29, 0.717) is 12.2 Å². The fourth-order valence-corrected chi connectivity index (χ4v) is 2.10. The van der Waals surface area contributed by atoms with Gasteiger partial charge in [-0.2, -0.15) is 0 Å². The first kappa shape index (κ1) is 14.8. The molecule has 4 heteroatoms. The molecule has 102 valence electrons. The number of aryl methyl sites for hydroxylation is 1. The summed E-state index contributed by atoms with van der Waals surface area (Å²) in [5, 5.41) is 13.0. The second-order valence-corrected chi connectivity index (χ2v) is 5.86. The lowest BCUT2D eigenvalue weighted by atomic mass is 9.80. The number of nitrogens with one attached hydrogen (secondary N) is 1. The van der Waals surface area contributed by atoms with Crippen LogP contribution in [-0.4, -0.2) is 28.2 Å². The Morgan fingerprint density at radius 2 is 2.11 bits per heavy atom. The lowest BCUT2D eigenvalue weighted by Crippen LogP contribution is -2.43. The maximum Gasteiger partial charge on any atom is 0.267 e. The molecular formula is C14H24N2O2. The number of aliphatic hydroxyl groups is 1. The molecule has 0 bridgehead atoms. The molecule has 0 saturated heterocycles. The van der Waals surface area contributed by atoms with E-state index in [1.807, 2.05) is 47.0 Å². The lowest BCUT2D eigenvalue weighted by molar-refractivity contribution is 0.0137. The van der Waals surface area contributed by atoms with Crippen LogP contribution < -0.4 is 5.32 Å². The zero-order valence-electron chi connectivity index (χ0n) is 11.9. The van der Waals surface area contributed by atoms with Gasteiger partial charge in [0, 0.05) is 25.2 Å². The van der Waals surface area contributed by atoms with Crippen molar-refractivity contribution in [1.82, 2.24) is 9.88 Å². The van der Waals surface area contributed by atoms with Crippen LogP contribution in [0.3, 0.4) is 0 Å². The van der Waals surface area contributed by atoms with Crippen LogP contribution in [0.5, 0.6) is 0 Å². The van der Waals surface area contributed by atoms with Crippen LogP contribution in [0.15, 0.2) is 18.3 Å². The summed E-state index contributed by atoms with van der Waals surface area (Å²) in [4.78, 5) is 12.0. The average Bonchev–Trinajstić information content (AvgIpc) is 2.71. The Hall–Kier alpha value is -1.29. The van der Waals surface area contributed by atoms with Gasteiger partial charge in [0.2, 0.25) is 0 Å². The van der Waals surface area contributed by atoms with Gasteiger partial charge in [0.25, 0.3) is 5.91 Å². The number of hydrogen-bond acceptors (Lipinski definition) is 2. The molecule has 0 fully saturated rings. The van der Waals surface area contributed by atoms with Gasteiger partial charge in [0.05, 0.1) is 6.10 Å². The topological polar surface area (TPSA) is 54.3 Å². The third-order valence-electron chi connectivity index (χ3n) is 3.31. The molecule has 1 aromatic heterocycles. The number of carbonyl (C=O) groups excluding carboxylic acids is 1. The van der Waals surface area contributed by atoms with E-state index in [-0.39, 0.29) is 17.2 Å². The zero-order valence-corrected chi connectivity index (χ0v) is 11.9. The molecule has 0 aliphatic carbocycles. The van der Waals surface area contributed by atoms with Gasteiger partial charge in [-0.3, -0.25) is 4.79 Å². The first-order valence-corrected chi connectivity index (χ1v) is 6.33. The first-order chi connectivity index (χ1) is 8.25. The Kier molecular flexibility index (Phi) is 4.57. The van der Waals surface area contributed by atoms with E-state index in [1.165, 1.54) is 0 Å². The van der Waals surface area contributed by atoms with Crippen LogP contribution in [-0.2, 0) is 7.05 Å². The maximum absolute atomic E-state index is 12.0. The fraction of sp³-hybridized carbons (Fsp3) is 0.643. The highest BCUT2D eigenvalue weighted by Gasteiger charge is 2.30. The molecule has 1 aromatic rings. The van der Waals surface area contributed by atoms with Crippen LogP contribution >= 0.6 is 0 Å². The summed E-state index contributed by atoms with van der Waals surface area (Å²) in [6.45, 7) is 8.33. The van der Waals surface area contributed by atoms with Gasteiger partial charge in [-0.25, -0.2) is 0 Å². The molecule has 0 saturated carbocycles. The Balaban J connectivity index is 2.60. The highest BCUT2D eigenvalue weighted by atomic mass is 16.3. The van der Waals surface area contributed by atoms with Gasteiger partial charge >= 0.3 is 0 Å². The third-order valence-corrected chi connectivity index (χ3v) is 3.31.